The third-order valence-electron chi connectivity index (χ3n) is 5.76. The number of carbonyl (C=O) groups excluding carboxylic acids is 1. The molecule has 31 heavy (non-hydrogen) atoms. The third-order valence-corrected chi connectivity index (χ3v) is 5.76. The molecule has 1 aromatic heterocycles. The van der Waals surface area contributed by atoms with E-state index < -0.39 is 23.3 Å². The van der Waals surface area contributed by atoms with Crippen LogP contribution in [0.1, 0.15) is 30.9 Å². The van der Waals surface area contributed by atoms with Gasteiger partial charge in [-0.25, -0.2) is 0 Å². The van der Waals surface area contributed by atoms with Crippen LogP contribution in [0.2, 0.25) is 0 Å². The molecule has 164 valence electrons. The molecular formula is C23H23F3N2O3. The van der Waals surface area contributed by atoms with Crippen LogP contribution in [-0.2, 0) is 17.4 Å². The maximum Gasteiger partial charge on any atom is 0.416 e. The molecule has 2 aromatic carbocycles. The highest BCUT2D eigenvalue weighted by Gasteiger charge is 2.45. The first-order chi connectivity index (χ1) is 14.6. The van der Waals surface area contributed by atoms with Gasteiger partial charge in [-0.15, -0.1) is 0 Å². The number of aliphatic hydroxyl groups is 1. The van der Waals surface area contributed by atoms with Crippen LogP contribution in [0.4, 0.5) is 18.9 Å². The number of anilines is 1. The van der Waals surface area contributed by atoms with Crippen molar-refractivity contribution < 1.29 is 27.8 Å². The van der Waals surface area contributed by atoms with E-state index in [0.717, 1.165) is 28.6 Å². The van der Waals surface area contributed by atoms with E-state index >= 15 is 0 Å². The summed E-state index contributed by atoms with van der Waals surface area (Å²) in [7, 11) is 0. The number of aromatic amines is 1. The number of alkyl halides is 3. The minimum Gasteiger partial charge on any atom is -0.493 e. The number of hydrogen-bond donors (Lipinski definition) is 3. The third kappa shape index (κ3) is 4.54. The molecule has 0 spiro atoms. The highest BCUT2D eigenvalue weighted by Crippen LogP contribution is 2.42. The number of benzene rings is 2. The summed E-state index contributed by atoms with van der Waals surface area (Å²) in [4.78, 5) is 15.7. The predicted octanol–water partition coefficient (Wildman–Crippen LogP) is 4.91. The molecule has 0 bridgehead atoms. The Morgan fingerprint density at radius 3 is 2.58 bits per heavy atom. The van der Waals surface area contributed by atoms with Gasteiger partial charge in [0.2, 0.25) is 5.91 Å². The van der Waals surface area contributed by atoms with Gasteiger partial charge in [-0.05, 0) is 48.7 Å². The summed E-state index contributed by atoms with van der Waals surface area (Å²) < 4.78 is 43.7. The lowest BCUT2D eigenvalue weighted by molar-refractivity contribution is -0.137. The smallest absolute Gasteiger partial charge is 0.416 e. The van der Waals surface area contributed by atoms with Crippen LogP contribution in [0.5, 0.6) is 5.75 Å². The second-order valence-corrected chi connectivity index (χ2v) is 8.28. The first kappa shape index (κ1) is 21.2. The Kier molecular flexibility index (Phi) is 5.43. The fraction of sp³-hybridized carbons (Fsp3) is 0.348. The highest BCUT2D eigenvalue weighted by molar-refractivity contribution is 6.04. The number of hydrogen-bond acceptors (Lipinski definition) is 3. The van der Waals surface area contributed by atoms with Gasteiger partial charge in [0.25, 0.3) is 0 Å². The van der Waals surface area contributed by atoms with Crippen LogP contribution in [0.15, 0.2) is 48.7 Å². The van der Waals surface area contributed by atoms with Gasteiger partial charge >= 0.3 is 6.18 Å². The number of carbonyl (C=O) groups is 1. The van der Waals surface area contributed by atoms with Crippen molar-refractivity contribution in [3.05, 3.63) is 59.8 Å². The van der Waals surface area contributed by atoms with E-state index in [1.807, 2.05) is 19.1 Å². The molecule has 1 aliphatic rings. The van der Waals surface area contributed by atoms with Gasteiger partial charge in [0.15, 0.2) is 0 Å². The Morgan fingerprint density at radius 2 is 1.94 bits per heavy atom. The van der Waals surface area contributed by atoms with Crippen molar-refractivity contribution in [2.24, 2.45) is 5.41 Å². The summed E-state index contributed by atoms with van der Waals surface area (Å²) in [5, 5.41) is 13.2. The van der Waals surface area contributed by atoms with E-state index in [4.69, 9.17) is 4.74 Å². The fourth-order valence-corrected chi connectivity index (χ4v) is 3.88. The molecule has 1 aliphatic carbocycles. The van der Waals surface area contributed by atoms with Crippen molar-refractivity contribution in [3.8, 4) is 5.75 Å². The van der Waals surface area contributed by atoms with Gasteiger partial charge in [0.1, 0.15) is 5.75 Å². The molecular weight excluding hydrogens is 409 g/mol. The summed E-state index contributed by atoms with van der Waals surface area (Å²) in [6.45, 7) is 2.14. The molecule has 0 aliphatic heterocycles. The first-order valence-corrected chi connectivity index (χ1v) is 10.0. The average molecular weight is 432 g/mol. The lowest BCUT2D eigenvalue weighted by atomic mass is 9.67. The van der Waals surface area contributed by atoms with Crippen LogP contribution in [0.3, 0.4) is 0 Å². The zero-order chi connectivity index (χ0) is 22.2. The summed E-state index contributed by atoms with van der Waals surface area (Å²) in [5.74, 6) is 0.465. The second-order valence-electron chi connectivity index (χ2n) is 8.28. The Balaban J connectivity index is 1.39. The maximum absolute atomic E-state index is 12.6. The summed E-state index contributed by atoms with van der Waals surface area (Å²) in [6, 6.07) is 10.5. The van der Waals surface area contributed by atoms with E-state index in [0.29, 0.717) is 37.3 Å². The number of aromatic nitrogens is 1. The number of fused-ring (bicyclic) bond motifs is 1. The second kappa shape index (κ2) is 7.92. The molecule has 1 amide bonds. The molecule has 1 fully saturated rings. The quantitative estimate of drug-likeness (QED) is 0.518. The summed E-state index contributed by atoms with van der Waals surface area (Å²) >= 11 is 0. The van der Waals surface area contributed by atoms with Crippen molar-refractivity contribution in [1.29, 1.82) is 0 Å². The van der Waals surface area contributed by atoms with E-state index in [2.05, 4.69) is 10.3 Å². The molecule has 0 radical (unpaired) electrons. The van der Waals surface area contributed by atoms with Crippen molar-refractivity contribution in [2.45, 2.75) is 38.5 Å². The summed E-state index contributed by atoms with van der Waals surface area (Å²) in [5.41, 5.74) is 0.980. The Hall–Kier alpha value is -3.00. The number of H-pyrrole nitrogens is 1. The van der Waals surface area contributed by atoms with Crippen LogP contribution >= 0.6 is 0 Å². The largest absolute Gasteiger partial charge is 0.493 e. The molecule has 0 atom stereocenters. The molecule has 8 heteroatoms. The van der Waals surface area contributed by atoms with Crippen LogP contribution in [0, 0.1) is 5.41 Å². The van der Waals surface area contributed by atoms with E-state index in [1.54, 1.807) is 12.3 Å². The number of ether oxygens (including phenoxy) is 1. The van der Waals surface area contributed by atoms with Gasteiger partial charge in [-0.3, -0.25) is 4.79 Å². The van der Waals surface area contributed by atoms with Crippen molar-refractivity contribution in [1.82, 2.24) is 4.98 Å². The summed E-state index contributed by atoms with van der Waals surface area (Å²) in [6.07, 6.45) is -1.70. The van der Waals surface area contributed by atoms with E-state index in [-0.39, 0.29) is 5.91 Å². The standard InChI is InChI=1S/C23H23F3N2O3/c1-22(11-16(29)12-22)21(30)28-20-13-27-19-7-6-17(10-18(19)20)31-9-8-14-2-4-15(5-3-14)23(24,25)26/h2-7,10,13,16,27,29H,8-9,11-12H2,1H3,(H,28,30)/t16-,22-. The average Bonchev–Trinajstić information content (AvgIpc) is 3.09. The highest BCUT2D eigenvalue weighted by atomic mass is 19.4. The van der Waals surface area contributed by atoms with Crippen molar-refractivity contribution in [3.63, 3.8) is 0 Å². The molecule has 0 saturated heterocycles. The minimum absolute atomic E-state index is 0.132. The molecule has 1 heterocycles. The Bertz CT molecular complexity index is 1080. The van der Waals surface area contributed by atoms with Gasteiger partial charge in [0.05, 0.1) is 29.4 Å². The maximum atomic E-state index is 12.6. The SMILES string of the molecule is C[C@]1(C(=O)Nc2c[nH]c3ccc(OCCc4ccc(C(F)(F)F)cc4)cc23)C[C@H](O)C1. The first-order valence-electron chi connectivity index (χ1n) is 10.0. The normalized spacial score (nSPS) is 21.0. The van der Waals surface area contributed by atoms with Crippen LogP contribution < -0.4 is 10.1 Å². The monoisotopic (exact) mass is 432 g/mol. The molecule has 5 nitrogen and oxygen atoms in total. The zero-order valence-electron chi connectivity index (χ0n) is 16.9. The van der Waals surface area contributed by atoms with Crippen LogP contribution in [0.25, 0.3) is 10.9 Å². The number of halogens is 3. The Morgan fingerprint density at radius 1 is 1.23 bits per heavy atom. The molecule has 4 rings (SSSR count). The lowest BCUT2D eigenvalue weighted by Crippen LogP contribution is -2.47. The van der Waals surface area contributed by atoms with E-state index in [1.165, 1.54) is 12.1 Å². The predicted molar refractivity (Wildman–Crippen MR) is 111 cm³/mol. The minimum atomic E-state index is -4.34. The zero-order valence-corrected chi connectivity index (χ0v) is 16.9. The fourth-order valence-electron chi connectivity index (χ4n) is 3.88. The van der Waals surface area contributed by atoms with Gasteiger partial charge in [-0.1, -0.05) is 19.1 Å². The Labute approximate surface area is 177 Å². The molecule has 0 unspecified atom stereocenters. The van der Waals surface area contributed by atoms with E-state index in [9.17, 15) is 23.1 Å². The van der Waals surface area contributed by atoms with Gasteiger partial charge in [0, 0.05) is 23.5 Å². The van der Waals surface area contributed by atoms with Crippen LogP contribution in [-0.4, -0.2) is 28.7 Å². The van der Waals surface area contributed by atoms with Gasteiger partial charge < -0.3 is 20.1 Å². The molecule has 3 aromatic rings. The van der Waals surface area contributed by atoms with Gasteiger partial charge in [-0.2, -0.15) is 13.2 Å². The number of amides is 1. The van der Waals surface area contributed by atoms with Crippen molar-refractivity contribution >= 4 is 22.5 Å². The molecule has 3 N–H and O–H groups in total. The number of nitrogens with one attached hydrogen (secondary N) is 2. The number of aliphatic hydroxyl groups excluding tert-OH is 1. The number of rotatable bonds is 6. The topological polar surface area (TPSA) is 74.4 Å². The molecule has 1 saturated carbocycles. The van der Waals surface area contributed by atoms with Crippen molar-refractivity contribution in [2.75, 3.05) is 11.9 Å². The lowest BCUT2D eigenvalue weighted by Gasteiger charge is -2.40.